The lowest BCUT2D eigenvalue weighted by atomic mass is 9.97. The van der Waals surface area contributed by atoms with E-state index in [2.05, 4.69) is 10.1 Å². The van der Waals surface area contributed by atoms with E-state index in [-0.39, 0.29) is 25.0 Å². The zero-order valence-corrected chi connectivity index (χ0v) is 11.2. The highest BCUT2D eigenvalue weighted by atomic mass is 16.5. The standard InChI is InChI=1S/C11H18N4O4/c1-11(2,3)10-13-8(14-19-10)5-15(4-7(12)16)6-9(17)18/h4-6H2,1-3H3,(H2,12,16)(H,17,18). The highest BCUT2D eigenvalue weighted by Gasteiger charge is 2.23. The molecule has 8 heteroatoms. The molecule has 1 heterocycles. The number of aromatic nitrogens is 2. The molecule has 0 aliphatic heterocycles. The van der Waals surface area contributed by atoms with Gasteiger partial charge in [-0.15, -0.1) is 0 Å². The summed E-state index contributed by atoms with van der Waals surface area (Å²) in [6.07, 6.45) is 0. The Morgan fingerprint density at radius 2 is 2.00 bits per heavy atom. The van der Waals surface area contributed by atoms with Crippen LogP contribution in [0, 0.1) is 0 Å². The predicted molar refractivity (Wildman–Crippen MR) is 65.1 cm³/mol. The highest BCUT2D eigenvalue weighted by molar-refractivity contribution is 5.77. The zero-order chi connectivity index (χ0) is 14.6. The smallest absolute Gasteiger partial charge is 0.317 e. The minimum atomic E-state index is -1.05. The average molecular weight is 270 g/mol. The van der Waals surface area contributed by atoms with Crippen LogP contribution in [-0.4, -0.2) is 45.1 Å². The molecular formula is C11H18N4O4. The number of nitrogens with zero attached hydrogens (tertiary/aromatic N) is 3. The molecule has 19 heavy (non-hydrogen) atoms. The van der Waals surface area contributed by atoms with Gasteiger partial charge >= 0.3 is 5.97 Å². The number of hydrogen-bond acceptors (Lipinski definition) is 6. The third-order valence-electron chi connectivity index (χ3n) is 2.21. The second kappa shape index (κ2) is 5.79. The van der Waals surface area contributed by atoms with E-state index in [9.17, 15) is 9.59 Å². The van der Waals surface area contributed by atoms with Crippen LogP contribution in [0.5, 0.6) is 0 Å². The summed E-state index contributed by atoms with van der Waals surface area (Å²) in [6.45, 7) is 5.36. The van der Waals surface area contributed by atoms with Gasteiger partial charge < -0.3 is 15.4 Å². The summed E-state index contributed by atoms with van der Waals surface area (Å²) in [7, 11) is 0. The maximum absolute atomic E-state index is 10.9. The normalized spacial score (nSPS) is 11.8. The Kier molecular flexibility index (Phi) is 4.60. The Labute approximate surface area is 110 Å². The average Bonchev–Trinajstić information content (AvgIpc) is 2.62. The number of carboxylic acid groups (broad SMARTS) is 1. The lowest BCUT2D eigenvalue weighted by Gasteiger charge is -2.15. The zero-order valence-electron chi connectivity index (χ0n) is 11.2. The Bertz CT molecular complexity index is 448. The van der Waals surface area contributed by atoms with Gasteiger partial charge in [-0.1, -0.05) is 25.9 Å². The van der Waals surface area contributed by atoms with Gasteiger partial charge in [-0.3, -0.25) is 14.5 Å². The summed E-state index contributed by atoms with van der Waals surface area (Å²) in [6, 6.07) is 0. The SMILES string of the molecule is CC(C)(C)c1nc(CN(CC(N)=O)CC(=O)O)no1. The minimum absolute atomic E-state index is 0.0921. The molecule has 0 unspecified atom stereocenters. The Morgan fingerprint density at radius 3 is 2.42 bits per heavy atom. The first kappa shape index (κ1) is 15.1. The van der Waals surface area contributed by atoms with Crippen molar-refractivity contribution >= 4 is 11.9 Å². The number of hydrogen-bond donors (Lipinski definition) is 2. The third-order valence-corrected chi connectivity index (χ3v) is 2.21. The van der Waals surface area contributed by atoms with Crippen molar-refractivity contribution in [2.45, 2.75) is 32.7 Å². The van der Waals surface area contributed by atoms with E-state index in [1.807, 2.05) is 20.8 Å². The molecule has 0 aliphatic rings. The predicted octanol–water partition coefficient (Wildman–Crippen LogP) is -0.261. The molecular weight excluding hydrogens is 252 g/mol. The van der Waals surface area contributed by atoms with E-state index >= 15 is 0 Å². The molecule has 0 atom stereocenters. The minimum Gasteiger partial charge on any atom is -0.480 e. The van der Waals surface area contributed by atoms with E-state index in [1.165, 1.54) is 4.90 Å². The number of aliphatic carboxylic acids is 1. The number of nitrogens with two attached hydrogens (primary N) is 1. The van der Waals surface area contributed by atoms with Crippen LogP contribution in [-0.2, 0) is 21.5 Å². The molecule has 3 N–H and O–H groups in total. The van der Waals surface area contributed by atoms with Crippen LogP contribution in [0.3, 0.4) is 0 Å². The monoisotopic (exact) mass is 270 g/mol. The fourth-order valence-corrected chi connectivity index (χ4v) is 1.40. The lowest BCUT2D eigenvalue weighted by molar-refractivity contribution is -0.138. The summed E-state index contributed by atoms with van der Waals surface area (Å²) in [5, 5.41) is 12.5. The van der Waals surface area contributed by atoms with Crippen molar-refractivity contribution in [2.75, 3.05) is 13.1 Å². The highest BCUT2D eigenvalue weighted by Crippen LogP contribution is 2.19. The number of carbonyl (C=O) groups excluding carboxylic acids is 1. The largest absolute Gasteiger partial charge is 0.480 e. The van der Waals surface area contributed by atoms with E-state index in [4.69, 9.17) is 15.4 Å². The first-order chi connectivity index (χ1) is 8.68. The summed E-state index contributed by atoms with van der Waals surface area (Å²) in [5.41, 5.74) is 4.77. The first-order valence-corrected chi connectivity index (χ1v) is 5.74. The second-order valence-corrected chi connectivity index (χ2v) is 5.27. The van der Waals surface area contributed by atoms with Gasteiger partial charge in [0.15, 0.2) is 5.82 Å². The number of carbonyl (C=O) groups is 2. The number of amides is 1. The van der Waals surface area contributed by atoms with Crippen LogP contribution >= 0.6 is 0 Å². The summed E-state index contributed by atoms with van der Waals surface area (Å²) in [5.74, 6) is -0.883. The molecule has 0 saturated carbocycles. The molecule has 0 saturated heterocycles. The maximum Gasteiger partial charge on any atom is 0.317 e. The first-order valence-electron chi connectivity index (χ1n) is 5.74. The van der Waals surface area contributed by atoms with Crippen LogP contribution in [0.2, 0.25) is 0 Å². The molecule has 0 spiro atoms. The van der Waals surface area contributed by atoms with Crippen LogP contribution in [0.25, 0.3) is 0 Å². The van der Waals surface area contributed by atoms with Crippen molar-refractivity contribution in [2.24, 2.45) is 5.73 Å². The van der Waals surface area contributed by atoms with Gasteiger partial charge in [0.1, 0.15) is 0 Å². The molecule has 1 rings (SSSR count). The van der Waals surface area contributed by atoms with Gasteiger partial charge in [-0.25, -0.2) is 0 Å². The van der Waals surface area contributed by atoms with Gasteiger partial charge in [0.2, 0.25) is 11.8 Å². The lowest BCUT2D eigenvalue weighted by Crippen LogP contribution is -2.37. The van der Waals surface area contributed by atoms with Crippen LogP contribution in [0.4, 0.5) is 0 Å². The van der Waals surface area contributed by atoms with E-state index in [0.717, 1.165) is 0 Å². The number of rotatable bonds is 6. The van der Waals surface area contributed by atoms with Crippen molar-refractivity contribution in [1.29, 1.82) is 0 Å². The van der Waals surface area contributed by atoms with Crippen LogP contribution < -0.4 is 5.73 Å². The van der Waals surface area contributed by atoms with Gasteiger partial charge in [0, 0.05) is 5.41 Å². The number of primary amides is 1. The molecule has 0 bridgehead atoms. The van der Waals surface area contributed by atoms with Gasteiger partial charge in [0.25, 0.3) is 0 Å². The van der Waals surface area contributed by atoms with E-state index in [0.29, 0.717) is 11.7 Å². The fraction of sp³-hybridized carbons (Fsp3) is 0.636. The molecule has 1 aromatic rings. The molecule has 0 fully saturated rings. The molecule has 8 nitrogen and oxygen atoms in total. The van der Waals surface area contributed by atoms with Gasteiger partial charge in [-0.2, -0.15) is 4.98 Å². The summed E-state index contributed by atoms with van der Waals surface area (Å²) in [4.78, 5) is 27.1. The molecule has 106 valence electrons. The molecule has 0 aliphatic carbocycles. The van der Waals surface area contributed by atoms with Crippen molar-refractivity contribution < 1.29 is 19.2 Å². The van der Waals surface area contributed by atoms with Crippen LogP contribution in [0.15, 0.2) is 4.52 Å². The molecule has 1 amide bonds. The fourth-order valence-electron chi connectivity index (χ4n) is 1.40. The molecule has 0 radical (unpaired) electrons. The van der Waals surface area contributed by atoms with Crippen molar-refractivity contribution in [3.63, 3.8) is 0 Å². The van der Waals surface area contributed by atoms with E-state index < -0.39 is 11.9 Å². The maximum atomic E-state index is 10.9. The Hall–Kier alpha value is -1.96. The topological polar surface area (TPSA) is 123 Å². The quantitative estimate of drug-likeness (QED) is 0.729. The number of carboxylic acids is 1. The third kappa shape index (κ3) is 5.04. The summed E-state index contributed by atoms with van der Waals surface area (Å²) < 4.78 is 5.09. The Balaban J connectivity index is 2.75. The van der Waals surface area contributed by atoms with Gasteiger partial charge in [-0.05, 0) is 0 Å². The molecule has 1 aromatic heterocycles. The second-order valence-electron chi connectivity index (χ2n) is 5.27. The van der Waals surface area contributed by atoms with Gasteiger partial charge in [0.05, 0.1) is 19.6 Å². The van der Waals surface area contributed by atoms with E-state index in [1.54, 1.807) is 0 Å². The summed E-state index contributed by atoms with van der Waals surface area (Å²) >= 11 is 0. The molecule has 0 aromatic carbocycles. The van der Waals surface area contributed by atoms with Crippen molar-refractivity contribution in [1.82, 2.24) is 15.0 Å². The Morgan fingerprint density at radius 1 is 1.37 bits per heavy atom. The van der Waals surface area contributed by atoms with Crippen molar-refractivity contribution in [3.8, 4) is 0 Å². The van der Waals surface area contributed by atoms with Crippen LogP contribution in [0.1, 0.15) is 32.5 Å². The van der Waals surface area contributed by atoms with Crippen molar-refractivity contribution in [3.05, 3.63) is 11.7 Å².